The van der Waals surface area contributed by atoms with E-state index in [0.717, 1.165) is 21.8 Å². The van der Waals surface area contributed by atoms with Crippen LogP contribution in [0.3, 0.4) is 0 Å². The highest BCUT2D eigenvalue weighted by Gasteiger charge is 2.05. The van der Waals surface area contributed by atoms with Gasteiger partial charge in [0.05, 0.1) is 6.61 Å². The van der Waals surface area contributed by atoms with Crippen molar-refractivity contribution in [2.75, 3.05) is 25.6 Å². The van der Waals surface area contributed by atoms with Crippen molar-refractivity contribution in [1.82, 2.24) is 10.2 Å². The monoisotopic (exact) mass is 357 g/mol. The molecule has 24 heavy (non-hydrogen) atoms. The number of anilines is 1. The van der Waals surface area contributed by atoms with Gasteiger partial charge in [0.1, 0.15) is 0 Å². The lowest BCUT2D eigenvalue weighted by molar-refractivity contribution is 0.211. The summed E-state index contributed by atoms with van der Waals surface area (Å²) in [6, 6.07) is 19.1. The fourth-order valence-corrected chi connectivity index (χ4v) is 3.90. The van der Waals surface area contributed by atoms with Gasteiger partial charge in [0, 0.05) is 19.4 Å². The quantitative estimate of drug-likeness (QED) is 0.473. The Morgan fingerprint density at radius 2 is 1.75 bits per heavy atom. The minimum absolute atomic E-state index is 0.663. The van der Waals surface area contributed by atoms with Crippen LogP contribution in [0.2, 0.25) is 0 Å². The van der Waals surface area contributed by atoms with E-state index < -0.39 is 0 Å². The number of methoxy groups -OCH3 is 1. The highest BCUT2D eigenvalue weighted by Crippen LogP contribution is 2.29. The minimum Gasteiger partial charge on any atom is -0.383 e. The van der Waals surface area contributed by atoms with E-state index in [2.05, 4.69) is 64.0 Å². The average Bonchev–Trinajstić information content (AvgIpc) is 3.09. The van der Waals surface area contributed by atoms with Gasteiger partial charge in [-0.2, -0.15) is 0 Å². The van der Waals surface area contributed by atoms with Gasteiger partial charge in [-0.15, -0.1) is 10.2 Å². The molecule has 0 bridgehead atoms. The third kappa shape index (κ3) is 4.80. The van der Waals surface area contributed by atoms with Crippen LogP contribution in [0.4, 0.5) is 5.13 Å². The van der Waals surface area contributed by atoms with Crippen LogP contribution in [0, 0.1) is 0 Å². The zero-order chi connectivity index (χ0) is 16.6. The van der Waals surface area contributed by atoms with Gasteiger partial charge < -0.3 is 10.1 Å². The van der Waals surface area contributed by atoms with Crippen molar-refractivity contribution in [1.29, 1.82) is 0 Å². The standard InChI is InChI=1S/C18H19N3OS2/c1-22-12-11-19-17-20-21-18(24-17)23-13-14-7-9-16(10-8-14)15-5-3-2-4-6-15/h2-10H,11-13H2,1H3,(H,19,20). The molecular formula is C18H19N3OS2. The third-order valence-electron chi connectivity index (χ3n) is 3.41. The lowest BCUT2D eigenvalue weighted by atomic mass is 10.0. The highest BCUT2D eigenvalue weighted by atomic mass is 32.2. The van der Waals surface area contributed by atoms with E-state index in [-0.39, 0.29) is 0 Å². The molecule has 0 fully saturated rings. The average molecular weight is 358 g/mol. The van der Waals surface area contributed by atoms with Crippen molar-refractivity contribution < 1.29 is 4.74 Å². The second-order valence-corrected chi connectivity index (χ2v) is 7.34. The van der Waals surface area contributed by atoms with E-state index >= 15 is 0 Å². The lowest BCUT2D eigenvalue weighted by Crippen LogP contribution is -2.06. The predicted molar refractivity (Wildman–Crippen MR) is 102 cm³/mol. The number of aromatic nitrogens is 2. The summed E-state index contributed by atoms with van der Waals surface area (Å²) in [5, 5.41) is 12.4. The Kier molecular flexibility index (Phi) is 6.23. The maximum atomic E-state index is 5.01. The summed E-state index contributed by atoms with van der Waals surface area (Å²) in [6.45, 7) is 1.41. The smallest absolute Gasteiger partial charge is 0.206 e. The van der Waals surface area contributed by atoms with E-state index in [9.17, 15) is 0 Å². The Morgan fingerprint density at radius 3 is 2.50 bits per heavy atom. The summed E-state index contributed by atoms with van der Waals surface area (Å²) in [5.74, 6) is 0.891. The number of benzene rings is 2. The molecule has 6 heteroatoms. The molecule has 4 nitrogen and oxygen atoms in total. The first-order chi connectivity index (χ1) is 11.8. The van der Waals surface area contributed by atoms with Gasteiger partial charge in [0.25, 0.3) is 0 Å². The summed E-state index contributed by atoms with van der Waals surface area (Å²) < 4.78 is 5.98. The molecule has 0 spiro atoms. The van der Waals surface area contributed by atoms with E-state index in [1.807, 2.05) is 6.07 Å². The highest BCUT2D eigenvalue weighted by molar-refractivity contribution is 8.00. The second-order valence-electron chi connectivity index (χ2n) is 5.14. The topological polar surface area (TPSA) is 47.0 Å². The van der Waals surface area contributed by atoms with Gasteiger partial charge in [0.15, 0.2) is 4.34 Å². The van der Waals surface area contributed by atoms with Crippen LogP contribution in [0.15, 0.2) is 58.9 Å². The first kappa shape index (κ1) is 17.0. The molecule has 3 rings (SSSR count). The Hall–Kier alpha value is -1.89. The van der Waals surface area contributed by atoms with Gasteiger partial charge in [-0.1, -0.05) is 77.7 Å². The van der Waals surface area contributed by atoms with Crippen molar-refractivity contribution >= 4 is 28.2 Å². The molecule has 1 N–H and O–H groups in total. The zero-order valence-corrected chi connectivity index (χ0v) is 15.1. The molecule has 0 aliphatic carbocycles. The van der Waals surface area contributed by atoms with Crippen molar-refractivity contribution in [3.63, 3.8) is 0 Å². The van der Waals surface area contributed by atoms with Gasteiger partial charge >= 0.3 is 0 Å². The molecule has 0 radical (unpaired) electrons. The molecule has 0 amide bonds. The molecule has 2 aromatic carbocycles. The number of hydrogen-bond donors (Lipinski definition) is 1. The number of nitrogens with one attached hydrogen (secondary N) is 1. The molecule has 0 saturated carbocycles. The van der Waals surface area contributed by atoms with Crippen LogP contribution in [0.5, 0.6) is 0 Å². The Bertz CT molecular complexity index is 744. The van der Waals surface area contributed by atoms with Gasteiger partial charge in [0.2, 0.25) is 5.13 Å². The summed E-state index contributed by atoms with van der Waals surface area (Å²) in [6.07, 6.45) is 0. The first-order valence-electron chi connectivity index (χ1n) is 7.68. The van der Waals surface area contributed by atoms with Crippen LogP contribution in [0.25, 0.3) is 11.1 Å². The minimum atomic E-state index is 0.663. The molecular weight excluding hydrogens is 338 g/mol. The Morgan fingerprint density at radius 1 is 1.00 bits per heavy atom. The van der Waals surface area contributed by atoms with Gasteiger partial charge in [-0.25, -0.2) is 0 Å². The van der Waals surface area contributed by atoms with Crippen molar-refractivity contribution in [2.24, 2.45) is 0 Å². The summed E-state index contributed by atoms with van der Waals surface area (Å²) >= 11 is 3.29. The van der Waals surface area contributed by atoms with E-state index in [1.165, 1.54) is 16.7 Å². The number of rotatable bonds is 8. The van der Waals surface area contributed by atoms with E-state index in [1.54, 1.807) is 30.2 Å². The fraction of sp³-hybridized carbons (Fsp3) is 0.222. The van der Waals surface area contributed by atoms with Crippen LogP contribution in [-0.4, -0.2) is 30.5 Å². The number of thioether (sulfide) groups is 1. The van der Waals surface area contributed by atoms with Crippen LogP contribution >= 0.6 is 23.1 Å². The molecule has 1 aromatic heterocycles. The third-order valence-corrected chi connectivity index (χ3v) is 5.50. The SMILES string of the molecule is COCCNc1nnc(SCc2ccc(-c3ccccc3)cc2)s1. The molecule has 0 aliphatic heterocycles. The number of nitrogens with zero attached hydrogens (tertiary/aromatic N) is 2. The molecule has 0 saturated heterocycles. The number of ether oxygens (including phenoxy) is 1. The van der Waals surface area contributed by atoms with E-state index in [0.29, 0.717) is 6.61 Å². The molecule has 0 unspecified atom stereocenters. The normalized spacial score (nSPS) is 10.7. The zero-order valence-electron chi connectivity index (χ0n) is 13.4. The van der Waals surface area contributed by atoms with Crippen LogP contribution in [-0.2, 0) is 10.5 Å². The molecule has 124 valence electrons. The fourth-order valence-electron chi connectivity index (χ4n) is 2.17. The van der Waals surface area contributed by atoms with E-state index in [4.69, 9.17) is 4.74 Å². The summed E-state index contributed by atoms with van der Waals surface area (Å²) in [7, 11) is 1.69. The first-order valence-corrected chi connectivity index (χ1v) is 9.49. The lowest BCUT2D eigenvalue weighted by Gasteiger charge is -2.03. The van der Waals surface area contributed by atoms with Crippen LogP contribution in [0.1, 0.15) is 5.56 Å². The van der Waals surface area contributed by atoms with Crippen molar-refractivity contribution in [3.05, 3.63) is 60.2 Å². The molecule has 0 atom stereocenters. The van der Waals surface area contributed by atoms with Gasteiger partial charge in [-0.05, 0) is 16.7 Å². The molecule has 1 heterocycles. The van der Waals surface area contributed by atoms with Crippen molar-refractivity contribution in [3.8, 4) is 11.1 Å². The van der Waals surface area contributed by atoms with Gasteiger partial charge in [-0.3, -0.25) is 0 Å². The number of hydrogen-bond acceptors (Lipinski definition) is 6. The predicted octanol–water partition coefficient (Wildman–Crippen LogP) is 4.56. The summed E-state index contributed by atoms with van der Waals surface area (Å²) in [4.78, 5) is 0. The Balaban J connectivity index is 1.53. The summed E-state index contributed by atoms with van der Waals surface area (Å²) in [5.41, 5.74) is 3.77. The maximum absolute atomic E-state index is 5.01. The van der Waals surface area contributed by atoms with Crippen molar-refractivity contribution in [2.45, 2.75) is 10.1 Å². The van der Waals surface area contributed by atoms with Crippen LogP contribution < -0.4 is 5.32 Å². The molecule has 0 aliphatic rings. The second kappa shape index (κ2) is 8.82. The maximum Gasteiger partial charge on any atom is 0.206 e. The Labute approximate surface area is 150 Å². The largest absolute Gasteiger partial charge is 0.383 e. The molecule has 3 aromatic rings.